The van der Waals surface area contributed by atoms with E-state index in [2.05, 4.69) is 5.32 Å². The van der Waals surface area contributed by atoms with Gasteiger partial charge in [0.05, 0.1) is 13.1 Å². The molecule has 0 saturated carbocycles. The predicted octanol–water partition coefficient (Wildman–Crippen LogP) is 1.22. The van der Waals surface area contributed by atoms with E-state index in [4.69, 9.17) is 0 Å². The molecule has 1 saturated heterocycles. The van der Waals surface area contributed by atoms with Gasteiger partial charge in [-0.3, -0.25) is 0 Å². The lowest BCUT2D eigenvalue weighted by Gasteiger charge is -2.16. The Morgan fingerprint density at radius 1 is 1.44 bits per heavy atom. The summed E-state index contributed by atoms with van der Waals surface area (Å²) in [5, 5.41) is 11.9. The van der Waals surface area contributed by atoms with E-state index in [1.165, 1.54) is 4.90 Å². The zero-order valence-corrected chi connectivity index (χ0v) is 10.3. The van der Waals surface area contributed by atoms with Crippen LogP contribution in [0.25, 0.3) is 0 Å². The van der Waals surface area contributed by atoms with Gasteiger partial charge >= 0.3 is 6.03 Å². The van der Waals surface area contributed by atoms with E-state index in [0.717, 1.165) is 11.1 Å². The second-order valence-electron chi connectivity index (χ2n) is 4.63. The Balaban J connectivity index is 1.83. The van der Waals surface area contributed by atoms with E-state index in [-0.39, 0.29) is 19.1 Å². The molecule has 4 nitrogen and oxygen atoms in total. The summed E-state index contributed by atoms with van der Waals surface area (Å²) in [7, 11) is 0. The Labute approximate surface area is 105 Å². The van der Waals surface area contributed by atoms with Crippen LogP contribution in [0.3, 0.4) is 0 Å². The molecule has 1 heterocycles. The highest BCUT2D eigenvalue weighted by Gasteiger charge is 2.33. The van der Waals surface area contributed by atoms with Crippen LogP contribution in [0.15, 0.2) is 24.3 Å². The van der Waals surface area contributed by atoms with Crippen LogP contribution in [-0.2, 0) is 6.54 Å². The second kappa shape index (κ2) is 5.35. The van der Waals surface area contributed by atoms with Gasteiger partial charge in [0.1, 0.15) is 12.3 Å². The highest BCUT2D eigenvalue weighted by Crippen LogP contribution is 2.13. The smallest absolute Gasteiger partial charge is 0.317 e. The van der Waals surface area contributed by atoms with Crippen molar-refractivity contribution in [1.29, 1.82) is 0 Å². The van der Waals surface area contributed by atoms with Crippen LogP contribution >= 0.6 is 0 Å². The number of likely N-dealkylation sites (tertiary alicyclic amines) is 1. The minimum absolute atomic E-state index is 0.0408. The van der Waals surface area contributed by atoms with Crippen molar-refractivity contribution in [2.75, 3.05) is 13.1 Å². The Hall–Kier alpha value is -1.62. The number of aliphatic hydroxyl groups excluding tert-OH is 1. The number of aryl methyl sites for hydroxylation is 1. The Kier molecular flexibility index (Phi) is 3.81. The molecule has 0 aliphatic carbocycles. The largest absolute Gasteiger partial charge is 0.388 e. The Morgan fingerprint density at radius 3 is 2.67 bits per heavy atom. The Morgan fingerprint density at radius 2 is 2.11 bits per heavy atom. The molecular formula is C13H17FN2O2. The van der Waals surface area contributed by atoms with E-state index in [1.807, 2.05) is 31.2 Å². The van der Waals surface area contributed by atoms with Gasteiger partial charge in [0, 0.05) is 6.54 Å². The van der Waals surface area contributed by atoms with Crippen molar-refractivity contribution < 1.29 is 14.3 Å². The van der Waals surface area contributed by atoms with Crippen molar-refractivity contribution in [3.63, 3.8) is 0 Å². The SMILES string of the molecule is Cc1ccc(CNC(=O)N2C[C@@H](O)[C@H](F)C2)cc1. The summed E-state index contributed by atoms with van der Waals surface area (Å²) in [5.41, 5.74) is 2.15. The fraction of sp³-hybridized carbons (Fsp3) is 0.462. The molecule has 18 heavy (non-hydrogen) atoms. The number of urea groups is 1. The molecule has 1 aliphatic heterocycles. The number of alkyl halides is 1. The number of β-amino-alcohol motifs (C(OH)–C–C–N with tert-alkyl or cyclic N) is 1. The molecule has 0 unspecified atom stereocenters. The minimum Gasteiger partial charge on any atom is -0.388 e. The lowest BCUT2D eigenvalue weighted by molar-refractivity contribution is 0.116. The van der Waals surface area contributed by atoms with Gasteiger partial charge < -0.3 is 15.3 Å². The first-order chi connectivity index (χ1) is 8.56. The quantitative estimate of drug-likeness (QED) is 0.831. The fourth-order valence-electron chi connectivity index (χ4n) is 1.91. The standard InChI is InChI=1S/C13H17FN2O2/c1-9-2-4-10(5-3-9)6-15-13(18)16-7-11(14)12(17)8-16/h2-5,11-12,17H,6-8H2,1H3,(H,15,18)/t11-,12-/m1/s1. The summed E-state index contributed by atoms with van der Waals surface area (Å²) in [6.07, 6.45) is -2.40. The summed E-state index contributed by atoms with van der Waals surface area (Å²) >= 11 is 0. The summed E-state index contributed by atoms with van der Waals surface area (Å²) in [5.74, 6) is 0. The van der Waals surface area contributed by atoms with Crippen molar-refractivity contribution in [2.24, 2.45) is 0 Å². The zero-order valence-electron chi connectivity index (χ0n) is 10.3. The van der Waals surface area contributed by atoms with E-state index < -0.39 is 12.3 Å². The average molecular weight is 252 g/mol. The number of hydrogen-bond donors (Lipinski definition) is 2. The van der Waals surface area contributed by atoms with Gasteiger partial charge in [-0.1, -0.05) is 29.8 Å². The second-order valence-corrected chi connectivity index (χ2v) is 4.63. The molecule has 0 radical (unpaired) electrons. The van der Waals surface area contributed by atoms with Gasteiger partial charge in [0.2, 0.25) is 0 Å². The van der Waals surface area contributed by atoms with Crippen molar-refractivity contribution in [1.82, 2.24) is 10.2 Å². The summed E-state index contributed by atoms with van der Waals surface area (Å²) in [4.78, 5) is 13.0. The first-order valence-electron chi connectivity index (χ1n) is 5.96. The number of aliphatic hydroxyl groups is 1. The number of amides is 2. The number of nitrogens with one attached hydrogen (secondary N) is 1. The maximum Gasteiger partial charge on any atom is 0.317 e. The highest BCUT2D eigenvalue weighted by atomic mass is 19.1. The number of rotatable bonds is 2. The van der Waals surface area contributed by atoms with Gasteiger partial charge in [-0.15, -0.1) is 0 Å². The zero-order chi connectivity index (χ0) is 13.1. The van der Waals surface area contributed by atoms with E-state index in [0.29, 0.717) is 6.54 Å². The maximum atomic E-state index is 13.1. The lowest BCUT2D eigenvalue weighted by atomic mass is 10.1. The van der Waals surface area contributed by atoms with Gasteiger partial charge in [-0.2, -0.15) is 0 Å². The van der Waals surface area contributed by atoms with Crippen LogP contribution in [-0.4, -0.2) is 41.4 Å². The number of halogens is 1. The van der Waals surface area contributed by atoms with E-state index in [9.17, 15) is 14.3 Å². The number of hydrogen-bond acceptors (Lipinski definition) is 2. The van der Waals surface area contributed by atoms with Crippen molar-refractivity contribution in [3.8, 4) is 0 Å². The van der Waals surface area contributed by atoms with Gasteiger partial charge in [-0.25, -0.2) is 9.18 Å². The van der Waals surface area contributed by atoms with Crippen LogP contribution in [0.5, 0.6) is 0 Å². The Bertz CT molecular complexity index is 412. The van der Waals surface area contributed by atoms with E-state index in [1.54, 1.807) is 0 Å². The molecule has 2 atom stereocenters. The number of nitrogens with zero attached hydrogens (tertiary/aromatic N) is 1. The van der Waals surface area contributed by atoms with Crippen molar-refractivity contribution in [3.05, 3.63) is 35.4 Å². The summed E-state index contributed by atoms with van der Waals surface area (Å²) in [6, 6.07) is 7.48. The summed E-state index contributed by atoms with van der Waals surface area (Å²) < 4.78 is 13.1. The molecule has 1 aliphatic rings. The van der Waals surface area contributed by atoms with Crippen LogP contribution in [0.2, 0.25) is 0 Å². The molecule has 2 amide bonds. The third kappa shape index (κ3) is 2.98. The topological polar surface area (TPSA) is 52.6 Å². The van der Waals surface area contributed by atoms with Crippen LogP contribution in [0, 0.1) is 6.92 Å². The van der Waals surface area contributed by atoms with Gasteiger partial charge in [0.25, 0.3) is 0 Å². The van der Waals surface area contributed by atoms with Crippen LogP contribution < -0.4 is 5.32 Å². The first-order valence-corrected chi connectivity index (χ1v) is 5.96. The molecule has 1 aromatic rings. The number of carbonyl (C=O) groups is 1. The summed E-state index contributed by atoms with van der Waals surface area (Å²) in [6.45, 7) is 2.42. The van der Waals surface area contributed by atoms with Gasteiger partial charge in [-0.05, 0) is 12.5 Å². The third-order valence-electron chi connectivity index (χ3n) is 3.07. The van der Waals surface area contributed by atoms with Crippen molar-refractivity contribution in [2.45, 2.75) is 25.7 Å². The molecule has 0 bridgehead atoms. The van der Waals surface area contributed by atoms with Crippen LogP contribution in [0.1, 0.15) is 11.1 Å². The fourth-order valence-corrected chi connectivity index (χ4v) is 1.91. The maximum absolute atomic E-state index is 13.1. The molecule has 2 N–H and O–H groups in total. The molecule has 5 heteroatoms. The molecule has 98 valence electrons. The minimum atomic E-state index is -1.34. The molecular weight excluding hydrogens is 235 g/mol. The predicted molar refractivity (Wildman–Crippen MR) is 65.9 cm³/mol. The highest BCUT2D eigenvalue weighted by molar-refractivity contribution is 5.74. The normalized spacial score (nSPS) is 23.2. The molecule has 0 spiro atoms. The third-order valence-corrected chi connectivity index (χ3v) is 3.07. The molecule has 2 rings (SSSR count). The average Bonchev–Trinajstić information content (AvgIpc) is 2.69. The first kappa shape index (κ1) is 12.8. The lowest BCUT2D eigenvalue weighted by Crippen LogP contribution is -2.38. The monoisotopic (exact) mass is 252 g/mol. The van der Waals surface area contributed by atoms with Crippen LogP contribution in [0.4, 0.5) is 9.18 Å². The van der Waals surface area contributed by atoms with E-state index >= 15 is 0 Å². The molecule has 1 fully saturated rings. The van der Waals surface area contributed by atoms with Gasteiger partial charge in [0.15, 0.2) is 0 Å². The van der Waals surface area contributed by atoms with Crippen molar-refractivity contribution >= 4 is 6.03 Å². The molecule has 1 aromatic carbocycles. The molecule has 0 aromatic heterocycles. The number of benzene rings is 1. The number of carbonyl (C=O) groups excluding carboxylic acids is 1.